The van der Waals surface area contributed by atoms with Crippen LogP contribution in [0.1, 0.15) is 16.7 Å². The quantitative estimate of drug-likeness (QED) is 0.616. The number of nitrogens with one attached hydrogen (secondary N) is 1. The third kappa shape index (κ3) is 1.73. The second kappa shape index (κ2) is 3.91. The zero-order valence-electron chi connectivity index (χ0n) is 10.9. The van der Waals surface area contributed by atoms with Gasteiger partial charge in [0.2, 0.25) is 0 Å². The maximum atomic E-state index is 13.0. The van der Waals surface area contributed by atoms with Gasteiger partial charge in [-0.2, -0.15) is 13.2 Å². The smallest absolute Gasteiger partial charge is 0.416 e. The van der Waals surface area contributed by atoms with E-state index in [1.54, 1.807) is 6.07 Å². The average Bonchev–Trinajstić information content (AvgIpc) is 2.71. The monoisotopic (exact) mass is 279 g/mol. The number of H-pyrrole nitrogens is 1. The summed E-state index contributed by atoms with van der Waals surface area (Å²) in [5.41, 5.74) is 1.33. The fraction of sp³-hybridized carbons (Fsp3) is 0.200. The first kappa shape index (κ1) is 12.8. The van der Waals surface area contributed by atoms with Gasteiger partial charge >= 0.3 is 6.18 Å². The van der Waals surface area contributed by atoms with E-state index < -0.39 is 11.7 Å². The van der Waals surface area contributed by atoms with Crippen molar-refractivity contribution in [3.63, 3.8) is 0 Å². The standard InChI is InChI=1S/C15H12F3NO/c1-7-3-4-11-9(5-7)13-8(2)10(15(16,17)18)6-12(20)14(13)19-11/h3-6,19-20H,1-2H3. The van der Waals surface area contributed by atoms with Gasteiger partial charge in [0, 0.05) is 16.3 Å². The SMILES string of the molecule is Cc1ccc2[nH]c3c(O)cc(C(F)(F)F)c(C)c3c2c1. The fourth-order valence-electron chi connectivity index (χ4n) is 2.63. The van der Waals surface area contributed by atoms with E-state index in [-0.39, 0.29) is 11.3 Å². The molecule has 1 aromatic heterocycles. The summed E-state index contributed by atoms with van der Waals surface area (Å²) in [6, 6.07) is 6.27. The number of phenols is 1. The number of halogens is 3. The minimum atomic E-state index is -4.48. The fourth-order valence-corrected chi connectivity index (χ4v) is 2.63. The number of aryl methyl sites for hydroxylation is 2. The van der Waals surface area contributed by atoms with Crippen molar-refractivity contribution in [2.75, 3.05) is 0 Å². The Labute approximate surface area is 112 Å². The van der Waals surface area contributed by atoms with E-state index in [4.69, 9.17) is 0 Å². The van der Waals surface area contributed by atoms with Crippen molar-refractivity contribution in [1.29, 1.82) is 0 Å². The van der Waals surface area contributed by atoms with E-state index in [0.717, 1.165) is 11.6 Å². The molecule has 0 atom stereocenters. The average molecular weight is 279 g/mol. The first-order chi connectivity index (χ1) is 9.29. The van der Waals surface area contributed by atoms with Crippen LogP contribution in [-0.4, -0.2) is 10.1 Å². The van der Waals surface area contributed by atoms with Crippen LogP contribution >= 0.6 is 0 Å². The van der Waals surface area contributed by atoms with Crippen LogP contribution in [0, 0.1) is 13.8 Å². The maximum absolute atomic E-state index is 13.0. The van der Waals surface area contributed by atoms with E-state index in [9.17, 15) is 18.3 Å². The van der Waals surface area contributed by atoms with E-state index in [0.29, 0.717) is 21.8 Å². The zero-order chi connectivity index (χ0) is 14.7. The van der Waals surface area contributed by atoms with Crippen molar-refractivity contribution >= 4 is 21.8 Å². The summed E-state index contributed by atoms with van der Waals surface area (Å²) in [6.07, 6.45) is -4.48. The van der Waals surface area contributed by atoms with Gasteiger partial charge in [0.05, 0.1) is 11.1 Å². The lowest BCUT2D eigenvalue weighted by Crippen LogP contribution is -2.07. The summed E-state index contributed by atoms with van der Waals surface area (Å²) in [5, 5.41) is 11.0. The molecule has 0 bridgehead atoms. The topological polar surface area (TPSA) is 36.0 Å². The summed E-state index contributed by atoms with van der Waals surface area (Å²) < 4.78 is 39.1. The molecule has 2 aromatic carbocycles. The number of hydrogen-bond acceptors (Lipinski definition) is 1. The summed E-state index contributed by atoms with van der Waals surface area (Å²) >= 11 is 0. The maximum Gasteiger partial charge on any atom is 0.416 e. The number of aromatic hydroxyl groups is 1. The molecule has 0 aliphatic carbocycles. The molecule has 0 spiro atoms. The Kier molecular flexibility index (Phi) is 2.51. The molecule has 0 aliphatic heterocycles. The minimum absolute atomic E-state index is 0.127. The lowest BCUT2D eigenvalue weighted by Gasteiger charge is -2.12. The van der Waals surface area contributed by atoms with Crippen LogP contribution in [0.25, 0.3) is 21.8 Å². The van der Waals surface area contributed by atoms with Crippen molar-refractivity contribution in [1.82, 2.24) is 4.98 Å². The molecule has 104 valence electrons. The first-order valence-electron chi connectivity index (χ1n) is 6.11. The minimum Gasteiger partial charge on any atom is -0.506 e. The molecule has 2 N–H and O–H groups in total. The first-order valence-corrected chi connectivity index (χ1v) is 6.11. The molecule has 20 heavy (non-hydrogen) atoms. The summed E-state index contributed by atoms with van der Waals surface area (Å²) in [7, 11) is 0. The third-order valence-electron chi connectivity index (χ3n) is 3.58. The Morgan fingerprint density at radius 1 is 1.10 bits per heavy atom. The number of rotatable bonds is 0. The summed E-state index contributed by atoms with van der Waals surface area (Å²) in [4.78, 5) is 2.98. The summed E-state index contributed by atoms with van der Waals surface area (Å²) in [5.74, 6) is -0.383. The van der Waals surface area contributed by atoms with Crippen LogP contribution in [0.4, 0.5) is 13.2 Å². The second-order valence-electron chi connectivity index (χ2n) is 4.99. The van der Waals surface area contributed by atoms with Crippen LogP contribution in [-0.2, 0) is 6.18 Å². The van der Waals surface area contributed by atoms with Crippen LogP contribution in [0.15, 0.2) is 24.3 Å². The molecular weight excluding hydrogens is 267 g/mol. The van der Waals surface area contributed by atoms with Crippen molar-refractivity contribution in [2.24, 2.45) is 0 Å². The molecule has 0 unspecified atom stereocenters. The number of benzene rings is 2. The molecule has 3 aromatic rings. The number of aromatic amines is 1. The number of fused-ring (bicyclic) bond motifs is 3. The highest BCUT2D eigenvalue weighted by Crippen LogP contribution is 2.41. The molecule has 0 aliphatic rings. The van der Waals surface area contributed by atoms with Gasteiger partial charge in [0.1, 0.15) is 5.75 Å². The Balaban J connectivity index is 2.53. The van der Waals surface area contributed by atoms with Gasteiger partial charge in [-0.1, -0.05) is 11.6 Å². The van der Waals surface area contributed by atoms with Gasteiger partial charge in [-0.25, -0.2) is 0 Å². The third-order valence-corrected chi connectivity index (χ3v) is 3.58. The number of aromatic nitrogens is 1. The molecule has 0 fully saturated rings. The van der Waals surface area contributed by atoms with E-state index in [1.807, 2.05) is 19.1 Å². The van der Waals surface area contributed by atoms with Gasteiger partial charge in [-0.15, -0.1) is 0 Å². The molecule has 3 rings (SSSR count). The highest BCUT2D eigenvalue weighted by atomic mass is 19.4. The highest BCUT2D eigenvalue weighted by Gasteiger charge is 2.34. The van der Waals surface area contributed by atoms with Crippen molar-refractivity contribution in [3.05, 3.63) is 41.0 Å². The molecule has 0 amide bonds. The molecule has 5 heteroatoms. The molecule has 0 radical (unpaired) electrons. The highest BCUT2D eigenvalue weighted by molar-refractivity contribution is 6.11. The van der Waals surface area contributed by atoms with Gasteiger partial charge < -0.3 is 10.1 Å². The van der Waals surface area contributed by atoms with E-state index in [1.165, 1.54) is 6.92 Å². The number of hydrogen-bond donors (Lipinski definition) is 2. The van der Waals surface area contributed by atoms with Crippen molar-refractivity contribution in [2.45, 2.75) is 20.0 Å². The predicted octanol–water partition coefficient (Wildman–Crippen LogP) is 4.66. The van der Waals surface area contributed by atoms with Crippen molar-refractivity contribution < 1.29 is 18.3 Å². The van der Waals surface area contributed by atoms with E-state index >= 15 is 0 Å². The predicted molar refractivity (Wildman–Crippen MR) is 71.9 cm³/mol. The Hall–Kier alpha value is -2.17. The largest absolute Gasteiger partial charge is 0.506 e. The Bertz CT molecular complexity index is 831. The Morgan fingerprint density at radius 3 is 2.45 bits per heavy atom. The van der Waals surface area contributed by atoms with Gasteiger partial charge in [0.15, 0.2) is 0 Å². The Morgan fingerprint density at radius 2 is 1.80 bits per heavy atom. The zero-order valence-corrected chi connectivity index (χ0v) is 10.9. The van der Waals surface area contributed by atoms with Crippen molar-refractivity contribution in [3.8, 4) is 5.75 Å². The molecule has 0 saturated heterocycles. The second-order valence-corrected chi connectivity index (χ2v) is 4.99. The molecule has 2 nitrogen and oxygen atoms in total. The van der Waals surface area contributed by atoms with Crippen LogP contribution < -0.4 is 0 Å². The van der Waals surface area contributed by atoms with Gasteiger partial charge in [0.25, 0.3) is 0 Å². The number of phenolic OH excluding ortho intramolecular Hbond substituents is 1. The lowest BCUT2D eigenvalue weighted by molar-refractivity contribution is -0.138. The number of alkyl halides is 3. The van der Waals surface area contributed by atoms with Crippen LogP contribution in [0.2, 0.25) is 0 Å². The normalized spacial score (nSPS) is 12.4. The van der Waals surface area contributed by atoms with Crippen LogP contribution in [0.3, 0.4) is 0 Å². The van der Waals surface area contributed by atoms with E-state index in [2.05, 4.69) is 4.98 Å². The molecule has 0 saturated carbocycles. The summed E-state index contributed by atoms with van der Waals surface area (Å²) in [6.45, 7) is 3.31. The van der Waals surface area contributed by atoms with Gasteiger partial charge in [-0.3, -0.25) is 0 Å². The lowest BCUT2D eigenvalue weighted by atomic mass is 10.00. The van der Waals surface area contributed by atoms with Crippen LogP contribution in [0.5, 0.6) is 5.75 Å². The van der Waals surface area contributed by atoms with Gasteiger partial charge in [-0.05, 0) is 37.6 Å². The molecule has 1 heterocycles. The molecular formula is C15H12F3NO.